The summed E-state index contributed by atoms with van der Waals surface area (Å²) >= 11 is 1.44. The number of carboxylic acids is 2. The lowest BCUT2D eigenvalue weighted by molar-refractivity contribution is -0.146. The van der Waals surface area contributed by atoms with Crippen molar-refractivity contribution in [2.24, 2.45) is 11.7 Å². The first-order valence-corrected chi connectivity index (χ1v) is 9.84. The van der Waals surface area contributed by atoms with Crippen LogP contribution in [-0.4, -0.2) is 67.6 Å². The Kier molecular flexibility index (Phi) is 8.09. The molecule has 0 bridgehead atoms. The number of nitrogens with two attached hydrogens (primary N) is 1. The van der Waals surface area contributed by atoms with Gasteiger partial charge in [-0.1, -0.05) is 13.8 Å². The summed E-state index contributed by atoms with van der Waals surface area (Å²) in [5, 5.41) is 20.6. The molecule has 1 saturated heterocycles. The van der Waals surface area contributed by atoms with Crippen LogP contribution >= 0.6 is 11.8 Å². The molecule has 0 aromatic rings. The van der Waals surface area contributed by atoms with E-state index in [0.29, 0.717) is 12.2 Å². The number of nitrogens with zero attached hydrogens (tertiary/aromatic N) is 1. The molecule has 2 amide bonds. The number of hydrogen-bond donors (Lipinski definition) is 4. The Morgan fingerprint density at radius 2 is 1.81 bits per heavy atom. The first kappa shape index (κ1) is 23.2. The van der Waals surface area contributed by atoms with Crippen molar-refractivity contribution in [1.29, 1.82) is 0 Å². The van der Waals surface area contributed by atoms with Crippen molar-refractivity contribution in [3.8, 4) is 0 Å². The highest BCUT2D eigenvalue weighted by molar-refractivity contribution is 8.00. The van der Waals surface area contributed by atoms with Gasteiger partial charge in [0.15, 0.2) is 0 Å². The highest BCUT2D eigenvalue weighted by atomic mass is 32.2. The summed E-state index contributed by atoms with van der Waals surface area (Å²) in [5.74, 6) is -2.95. The summed E-state index contributed by atoms with van der Waals surface area (Å²) in [6.45, 7) is 7.04. The van der Waals surface area contributed by atoms with Crippen molar-refractivity contribution in [3.05, 3.63) is 0 Å². The number of nitrogens with one attached hydrogen (secondary N) is 1. The molecule has 0 spiro atoms. The Morgan fingerprint density at radius 3 is 2.30 bits per heavy atom. The molecule has 27 heavy (non-hydrogen) atoms. The number of rotatable bonds is 9. The highest BCUT2D eigenvalue weighted by Crippen LogP contribution is 2.39. The maximum atomic E-state index is 12.7. The molecular weight excluding hydrogens is 374 g/mol. The first-order valence-electron chi connectivity index (χ1n) is 8.86. The zero-order chi connectivity index (χ0) is 20.9. The van der Waals surface area contributed by atoms with Crippen LogP contribution in [0.1, 0.15) is 47.0 Å². The Labute approximate surface area is 163 Å². The van der Waals surface area contributed by atoms with Crippen molar-refractivity contribution in [2.75, 3.05) is 5.75 Å². The quantitative estimate of drug-likeness (QED) is 0.434. The van der Waals surface area contributed by atoms with Gasteiger partial charge in [-0.05, 0) is 32.6 Å². The minimum Gasteiger partial charge on any atom is -0.480 e. The number of thioether (sulfide) groups is 1. The monoisotopic (exact) mass is 403 g/mol. The van der Waals surface area contributed by atoms with Gasteiger partial charge in [-0.2, -0.15) is 0 Å². The van der Waals surface area contributed by atoms with E-state index in [1.54, 1.807) is 13.8 Å². The molecule has 9 nitrogen and oxygen atoms in total. The molecule has 154 valence electrons. The smallest absolute Gasteiger partial charge is 0.326 e. The fourth-order valence-corrected chi connectivity index (χ4v) is 4.18. The van der Waals surface area contributed by atoms with Crippen molar-refractivity contribution >= 4 is 35.5 Å². The molecule has 0 unspecified atom stereocenters. The zero-order valence-corrected chi connectivity index (χ0v) is 16.9. The summed E-state index contributed by atoms with van der Waals surface area (Å²) in [6, 6.07) is -2.83. The molecule has 5 N–H and O–H groups in total. The molecule has 0 aromatic carbocycles. The second-order valence-corrected chi connectivity index (χ2v) is 9.06. The van der Waals surface area contributed by atoms with E-state index in [2.05, 4.69) is 5.32 Å². The second-order valence-electron chi connectivity index (χ2n) is 7.44. The third-order valence-corrected chi connectivity index (χ3v) is 5.90. The van der Waals surface area contributed by atoms with Gasteiger partial charge >= 0.3 is 11.9 Å². The lowest BCUT2D eigenvalue weighted by Gasteiger charge is -2.35. The SMILES string of the molecule is CC(C)[C@@H](NC(=O)[C@@H]1CSC(C)(C)N1C(=O)CCC[C@H](N)C(=O)O)C(=O)O. The molecule has 3 atom stereocenters. The number of amides is 2. The molecule has 1 heterocycles. The molecular formula is C17H29N3O6S. The lowest BCUT2D eigenvalue weighted by atomic mass is 10.0. The molecule has 1 fully saturated rings. The van der Waals surface area contributed by atoms with Gasteiger partial charge in [0.1, 0.15) is 18.1 Å². The van der Waals surface area contributed by atoms with Crippen LogP contribution in [0.3, 0.4) is 0 Å². The number of aliphatic carboxylic acids is 2. The van der Waals surface area contributed by atoms with Crippen LogP contribution in [-0.2, 0) is 19.2 Å². The largest absolute Gasteiger partial charge is 0.480 e. The molecule has 0 aliphatic carbocycles. The first-order chi connectivity index (χ1) is 12.4. The van der Waals surface area contributed by atoms with Crippen molar-refractivity contribution < 1.29 is 29.4 Å². The van der Waals surface area contributed by atoms with Crippen LogP contribution in [0.25, 0.3) is 0 Å². The summed E-state index contributed by atoms with van der Waals surface area (Å²) in [5.41, 5.74) is 5.45. The number of carboxylic acid groups (broad SMARTS) is 2. The van der Waals surface area contributed by atoms with Crippen LogP contribution in [0.4, 0.5) is 0 Å². The van der Waals surface area contributed by atoms with Gasteiger partial charge in [0.05, 0.1) is 4.87 Å². The van der Waals surface area contributed by atoms with Gasteiger partial charge in [0, 0.05) is 12.2 Å². The zero-order valence-electron chi connectivity index (χ0n) is 16.1. The van der Waals surface area contributed by atoms with E-state index in [1.807, 2.05) is 13.8 Å². The molecule has 0 aromatic heterocycles. The van der Waals surface area contributed by atoms with Gasteiger partial charge in [0.2, 0.25) is 11.8 Å². The third kappa shape index (κ3) is 6.10. The summed E-state index contributed by atoms with van der Waals surface area (Å²) in [6.07, 6.45) is 0.525. The maximum Gasteiger partial charge on any atom is 0.326 e. The van der Waals surface area contributed by atoms with Gasteiger partial charge in [0.25, 0.3) is 0 Å². The lowest BCUT2D eigenvalue weighted by Crippen LogP contribution is -2.56. The summed E-state index contributed by atoms with van der Waals surface area (Å²) < 4.78 is 0. The molecule has 10 heteroatoms. The standard InChI is InChI=1S/C17H29N3O6S/c1-9(2)13(16(25)26)19-14(22)11-8-27-17(3,4)20(11)12(21)7-5-6-10(18)15(23)24/h9-11,13H,5-8,18H2,1-4H3,(H,19,22)(H,23,24)(H,25,26)/t10-,11-,13+/m0/s1. The second kappa shape index (κ2) is 9.41. The minimum absolute atomic E-state index is 0.0707. The van der Waals surface area contributed by atoms with Gasteiger partial charge in [-0.15, -0.1) is 11.8 Å². The molecule has 1 aliphatic rings. The van der Waals surface area contributed by atoms with Crippen molar-refractivity contribution in [3.63, 3.8) is 0 Å². The van der Waals surface area contributed by atoms with Crippen LogP contribution in [0, 0.1) is 5.92 Å². The molecule has 1 rings (SSSR count). The predicted octanol–water partition coefficient (Wildman–Crippen LogP) is 0.474. The van der Waals surface area contributed by atoms with E-state index >= 15 is 0 Å². The molecule has 0 radical (unpaired) electrons. The van der Waals surface area contributed by atoms with Crippen LogP contribution in [0.5, 0.6) is 0 Å². The van der Waals surface area contributed by atoms with E-state index < -0.39 is 40.8 Å². The Bertz CT molecular complexity index is 595. The Morgan fingerprint density at radius 1 is 1.22 bits per heavy atom. The fourth-order valence-electron chi connectivity index (χ4n) is 2.95. The number of carbonyl (C=O) groups is 4. The van der Waals surface area contributed by atoms with Crippen molar-refractivity contribution in [1.82, 2.24) is 10.2 Å². The van der Waals surface area contributed by atoms with Crippen LogP contribution in [0.15, 0.2) is 0 Å². The normalized spacial score (nSPS) is 21.0. The summed E-state index contributed by atoms with van der Waals surface area (Å²) in [4.78, 5) is 48.3. The topological polar surface area (TPSA) is 150 Å². The molecule has 1 aliphatic heterocycles. The maximum absolute atomic E-state index is 12.7. The number of hydrogen-bond acceptors (Lipinski definition) is 6. The molecule has 0 saturated carbocycles. The van der Waals surface area contributed by atoms with E-state index in [0.717, 1.165) is 0 Å². The van der Waals surface area contributed by atoms with Gasteiger partial charge in [-0.3, -0.25) is 14.4 Å². The van der Waals surface area contributed by atoms with E-state index in [1.165, 1.54) is 16.7 Å². The minimum atomic E-state index is -1.12. The average molecular weight is 404 g/mol. The van der Waals surface area contributed by atoms with Crippen LogP contribution in [0.2, 0.25) is 0 Å². The van der Waals surface area contributed by atoms with Gasteiger partial charge in [-0.25, -0.2) is 4.79 Å². The van der Waals surface area contributed by atoms with E-state index in [-0.39, 0.29) is 24.7 Å². The highest BCUT2D eigenvalue weighted by Gasteiger charge is 2.46. The van der Waals surface area contributed by atoms with E-state index in [4.69, 9.17) is 10.8 Å². The Hall–Kier alpha value is -1.81. The Balaban J connectivity index is 2.81. The third-order valence-electron chi connectivity index (χ3n) is 4.51. The predicted molar refractivity (Wildman–Crippen MR) is 101 cm³/mol. The fraction of sp³-hybridized carbons (Fsp3) is 0.765. The number of carbonyl (C=O) groups excluding carboxylic acids is 2. The van der Waals surface area contributed by atoms with Crippen LogP contribution < -0.4 is 11.1 Å². The van der Waals surface area contributed by atoms with Crippen molar-refractivity contribution in [2.45, 2.75) is 70.0 Å². The summed E-state index contributed by atoms with van der Waals surface area (Å²) in [7, 11) is 0. The average Bonchev–Trinajstić information content (AvgIpc) is 2.86. The van der Waals surface area contributed by atoms with E-state index in [9.17, 15) is 24.3 Å². The van der Waals surface area contributed by atoms with Gasteiger partial charge < -0.3 is 26.2 Å².